The van der Waals surface area contributed by atoms with Crippen LogP contribution in [0.2, 0.25) is 0 Å². The number of unbranched alkanes of at least 4 members (excludes halogenated alkanes) is 1. The molecule has 0 radical (unpaired) electrons. The van der Waals surface area contributed by atoms with Gasteiger partial charge in [-0.2, -0.15) is 0 Å². The molecular formula is C33H56N8O10. The maximum absolute atomic E-state index is 13.9. The van der Waals surface area contributed by atoms with Crippen LogP contribution in [0.5, 0.6) is 0 Å². The molecule has 0 unspecified atom stereocenters. The number of nitrogens with zero attached hydrogens (tertiary/aromatic N) is 2. The molecule has 0 aromatic rings. The Balaban J connectivity index is 2.20. The highest BCUT2D eigenvalue weighted by atomic mass is 16.4. The normalized spacial score (nSPS) is 19.6. The predicted molar refractivity (Wildman–Crippen MR) is 183 cm³/mol. The molecule has 288 valence electrons. The number of likely N-dealkylation sites (tertiary alicyclic amines) is 2. The second-order valence-electron chi connectivity index (χ2n) is 13.8. The number of carboxylic acid groups (broad SMARTS) is 2. The first-order chi connectivity index (χ1) is 24.0. The highest BCUT2D eigenvalue weighted by molar-refractivity contribution is 5.97. The van der Waals surface area contributed by atoms with Gasteiger partial charge in [-0.25, -0.2) is 0 Å². The average molecular weight is 725 g/mol. The van der Waals surface area contributed by atoms with E-state index in [0.29, 0.717) is 51.6 Å². The van der Waals surface area contributed by atoms with Crippen LogP contribution in [0.3, 0.4) is 0 Å². The Kier molecular flexibility index (Phi) is 17.2. The van der Waals surface area contributed by atoms with Gasteiger partial charge < -0.3 is 52.7 Å². The first kappa shape index (κ1) is 42.8. The minimum absolute atomic E-state index is 0.123. The van der Waals surface area contributed by atoms with E-state index >= 15 is 0 Å². The minimum atomic E-state index is -1.36. The van der Waals surface area contributed by atoms with E-state index < -0.39 is 103 Å². The van der Waals surface area contributed by atoms with Crippen LogP contribution >= 0.6 is 0 Å². The lowest BCUT2D eigenvalue weighted by molar-refractivity contribution is -0.144. The largest absolute Gasteiger partial charge is 0.481 e. The van der Waals surface area contributed by atoms with E-state index in [1.165, 1.54) is 9.80 Å². The van der Waals surface area contributed by atoms with Gasteiger partial charge in [-0.05, 0) is 63.3 Å². The molecule has 18 nitrogen and oxygen atoms in total. The molecule has 18 heteroatoms. The molecular weight excluding hydrogens is 668 g/mol. The minimum Gasteiger partial charge on any atom is -0.481 e. The summed E-state index contributed by atoms with van der Waals surface area (Å²) in [4.78, 5) is 105. The predicted octanol–water partition coefficient (Wildman–Crippen LogP) is -1.74. The van der Waals surface area contributed by atoms with Crippen molar-refractivity contribution in [3.63, 3.8) is 0 Å². The van der Waals surface area contributed by atoms with Crippen molar-refractivity contribution < 1.29 is 48.6 Å². The van der Waals surface area contributed by atoms with Crippen LogP contribution < -0.4 is 32.7 Å². The van der Waals surface area contributed by atoms with Gasteiger partial charge in [0.05, 0.1) is 6.04 Å². The quantitative estimate of drug-likeness (QED) is 0.0650. The standard InChI is InChI=1S/C33H56N8O10/c1-18(2)26(30(48)36-17-25(44)45)38-29(47)23-11-8-16-41(23)33(51)21(12-13-24(42)43)37-31(49)27(19(3)4)39-28(46)22-10-7-15-40(22)32(50)20(35)9-5-6-14-34/h18-23,26-27H,5-17,34-35H2,1-4H3,(H,36,48)(H,37,49)(H,38,47)(H,39,46)(H,42,43)(H,44,45)/t20-,21-,22-,23-,26-,27-/m0/s1. The molecule has 6 amide bonds. The zero-order chi connectivity index (χ0) is 38.4. The Bertz CT molecular complexity index is 1280. The highest BCUT2D eigenvalue weighted by Crippen LogP contribution is 2.22. The van der Waals surface area contributed by atoms with Crippen LogP contribution in [0.1, 0.15) is 85.5 Å². The summed E-state index contributed by atoms with van der Waals surface area (Å²) in [6.45, 7) is 6.97. The summed E-state index contributed by atoms with van der Waals surface area (Å²) < 4.78 is 0. The van der Waals surface area contributed by atoms with E-state index in [0.717, 1.165) is 0 Å². The van der Waals surface area contributed by atoms with E-state index in [1.54, 1.807) is 27.7 Å². The fourth-order valence-corrected chi connectivity index (χ4v) is 6.28. The number of hydrogen-bond donors (Lipinski definition) is 8. The third kappa shape index (κ3) is 12.7. The van der Waals surface area contributed by atoms with Crippen molar-refractivity contribution in [2.45, 2.75) is 122 Å². The Morgan fingerprint density at radius 1 is 0.706 bits per heavy atom. The summed E-state index contributed by atoms with van der Waals surface area (Å²) >= 11 is 0. The maximum Gasteiger partial charge on any atom is 0.322 e. The number of nitrogens with one attached hydrogen (secondary N) is 4. The molecule has 0 aromatic carbocycles. The Morgan fingerprint density at radius 2 is 1.22 bits per heavy atom. The zero-order valence-electron chi connectivity index (χ0n) is 30.0. The van der Waals surface area contributed by atoms with E-state index in [-0.39, 0.29) is 25.3 Å². The number of hydrogen-bond acceptors (Lipinski definition) is 10. The van der Waals surface area contributed by atoms with E-state index in [9.17, 15) is 43.5 Å². The Hall–Kier alpha value is -4.32. The van der Waals surface area contributed by atoms with Gasteiger partial charge in [-0.15, -0.1) is 0 Å². The number of carbonyl (C=O) groups excluding carboxylic acids is 6. The van der Waals surface area contributed by atoms with Crippen molar-refractivity contribution in [2.24, 2.45) is 23.3 Å². The molecule has 2 saturated heterocycles. The van der Waals surface area contributed by atoms with Gasteiger partial charge in [0, 0.05) is 19.5 Å². The number of aliphatic carboxylic acids is 2. The van der Waals surface area contributed by atoms with Crippen LogP contribution in [-0.2, 0) is 38.4 Å². The van der Waals surface area contributed by atoms with E-state index in [4.69, 9.17) is 16.6 Å². The molecule has 51 heavy (non-hydrogen) atoms. The van der Waals surface area contributed by atoms with Crippen LogP contribution in [0.15, 0.2) is 0 Å². The molecule has 0 aromatic heterocycles. The number of amides is 6. The fraction of sp³-hybridized carbons (Fsp3) is 0.758. The molecule has 0 spiro atoms. The topological polar surface area (TPSA) is 284 Å². The summed E-state index contributed by atoms with van der Waals surface area (Å²) in [7, 11) is 0. The second-order valence-corrected chi connectivity index (χ2v) is 13.8. The lowest BCUT2D eigenvalue weighted by Crippen LogP contribution is -2.60. The summed E-state index contributed by atoms with van der Waals surface area (Å²) in [5, 5.41) is 28.5. The molecule has 0 saturated carbocycles. The molecule has 2 aliphatic rings. The molecule has 0 aliphatic carbocycles. The second kappa shape index (κ2) is 20.5. The van der Waals surface area contributed by atoms with Crippen molar-refractivity contribution in [3.8, 4) is 0 Å². The summed E-state index contributed by atoms with van der Waals surface area (Å²) in [6, 6.07) is -6.29. The van der Waals surface area contributed by atoms with Crippen molar-refractivity contribution in [1.82, 2.24) is 31.1 Å². The lowest BCUT2D eigenvalue weighted by Gasteiger charge is -2.32. The molecule has 10 N–H and O–H groups in total. The fourth-order valence-electron chi connectivity index (χ4n) is 6.28. The van der Waals surface area contributed by atoms with Crippen molar-refractivity contribution in [3.05, 3.63) is 0 Å². The molecule has 2 aliphatic heterocycles. The van der Waals surface area contributed by atoms with E-state index in [2.05, 4.69) is 21.3 Å². The van der Waals surface area contributed by atoms with Crippen molar-refractivity contribution >= 4 is 47.4 Å². The zero-order valence-corrected chi connectivity index (χ0v) is 30.0. The van der Waals surface area contributed by atoms with Gasteiger partial charge >= 0.3 is 11.9 Å². The van der Waals surface area contributed by atoms with Crippen LogP contribution in [0.4, 0.5) is 0 Å². The van der Waals surface area contributed by atoms with Gasteiger partial charge in [0.25, 0.3) is 0 Å². The maximum atomic E-state index is 13.9. The van der Waals surface area contributed by atoms with Crippen LogP contribution in [-0.4, -0.2) is 130 Å². The van der Waals surface area contributed by atoms with Crippen LogP contribution in [0.25, 0.3) is 0 Å². The molecule has 2 heterocycles. The molecule has 0 bridgehead atoms. The SMILES string of the molecule is CC(C)[C@H](NC(=O)[C@@H]1CCCN1C(=O)[C@H](CCC(=O)O)NC(=O)[C@@H](NC(=O)[C@@H]1CCCN1C(=O)[C@@H](N)CCCCN)C(C)C)C(=O)NCC(=O)O. The smallest absolute Gasteiger partial charge is 0.322 e. The highest BCUT2D eigenvalue weighted by Gasteiger charge is 2.41. The van der Waals surface area contributed by atoms with Gasteiger partial charge in [0.2, 0.25) is 35.4 Å². The number of rotatable bonds is 20. The summed E-state index contributed by atoms with van der Waals surface area (Å²) in [5.41, 5.74) is 11.6. The number of carbonyl (C=O) groups is 8. The average Bonchev–Trinajstić information content (AvgIpc) is 3.76. The molecule has 2 rings (SSSR count). The first-order valence-electron chi connectivity index (χ1n) is 17.7. The molecule has 6 atom stereocenters. The lowest BCUT2D eigenvalue weighted by atomic mass is 10.0. The third-order valence-electron chi connectivity index (χ3n) is 9.13. The number of carboxylic acids is 2. The molecule has 2 fully saturated rings. The monoisotopic (exact) mass is 724 g/mol. The van der Waals surface area contributed by atoms with Gasteiger partial charge in [-0.3, -0.25) is 38.4 Å². The van der Waals surface area contributed by atoms with Gasteiger partial charge in [0.15, 0.2) is 0 Å². The van der Waals surface area contributed by atoms with Crippen molar-refractivity contribution in [2.75, 3.05) is 26.2 Å². The van der Waals surface area contributed by atoms with Crippen LogP contribution in [0, 0.1) is 11.8 Å². The summed E-state index contributed by atoms with van der Waals surface area (Å²) in [5.74, 6) is -7.11. The van der Waals surface area contributed by atoms with Crippen molar-refractivity contribution in [1.29, 1.82) is 0 Å². The third-order valence-corrected chi connectivity index (χ3v) is 9.13. The van der Waals surface area contributed by atoms with Gasteiger partial charge in [-0.1, -0.05) is 34.1 Å². The first-order valence-corrected chi connectivity index (χ1v) is 17.7. The van der Waals surface area contributed by atoms with E-state index in [1.807, 2.05) is 0 Å². The Labute approximate surface area is 298 Å². The van der Waals surface area contributed by atoms with Gasteiger partial charge in [0.1, 0.15) is 36.8 Å². The number of nitrogens with two attached hydrogens (primary N) is 2. The summed E-state index contributed by atoms with van der Waals surface area (Å²) in [6.07, 6.45) is 2.60. The Morgan fingerprint density at radius 3 is 1.69 bits per heavy atom.